The van der Waals surface area contributed by atoms with Crippen molar-refractivity contribution in [3.05, 3.63) is 12.4 Å². The van der Waals surface area contributed by atoms with Crippen molar-refractivity contribution in [3.63, 3.8) is 0 Å². The molecule has 0 saturated carbocycles. The molecule has 0 fully saturated rings. The van der Waals surface area contributed by atoms with E-state index in [2.05, 4.69) is 10.4 Å². The van der Waals surface area contributed by atoms with Gasteiger partial charge < -0.3 is 15.8 Å². The van der Waals surface area contributed by atoms with Gasteiger partial charge in [0, 0.05) is 25.8 Å². The number of hydrogen-bond acceptors (Lipinski definition) is 4. The zero-order chi connectivity index (χ0) is 14.5. The fourth-order valence-corrected chi connectivity index (χ4v) is 1.45. The maximum Gasteiger partial charge on any atom is 0.226 e. The highest BCUT2D eigenvalue weighted by Gasteiger charge is 2.23. The predicted molar refractivity (Wildman–Crippen MR) is 74.8 cm³/mol. The number of ether oxygens (including phenoxy) is 1. The summed E-state index contributed by atoms with van der Waals surface area (Å²) in [6.07, 6.45) is 3.70. The quantitative estimate of drug-likeness (QED) is 0.813. The van der Waals surface area contributed by atoms with E-state index in [1.807, 2.05) is 20.8 Å². The fraction of sp³-hybridized carbons (Fsp3) is 0.692. The maximum atomic E-state index is 11.8. The van der Waals surface area contributed by atoms with Crippen LogP contribution >= 0.6 is 0 Å². The molecule has 0 bridgehead atoms. The minimum Gasteiger partial charge on any atom is -0.383 e. The first kappa shape index (κ1) is 15.7. The molecule has 0 spiro atoms. The first-order chi connectivity index (χ1) is 8.82. The Bertz CT molecular complexity index is 409. The highest BCUT2D eigenvalue weighted by Crippen LogP contribution is 2.20. The molecule has 19 heavy (non-hydrogen) atoms. The number of aromatic nitrogens is 2. The van der Waals surface area contributed by atoms with Crippen molar-refractivity contribution >= 4 is 11.6 Å². The number of rotatable bonds is 6. The summed E-state index contributed by atoms with van der Waals surface area (Å²) in [5.74, 6) is -0.0892. The van der Waals surface area contributed by atoms with Gasteiger partial charge in [-0.05, 0) is 5.41 Å². The van der Waals surface area contributed by atoms with Crippen molar-refractivity contribution in [2.45, 2.75) is 39.8 Å². The Morgan fingerprint density at radius 2 is 2.26 bits per heavy atom. The molecule has 1 amide bonds. The monoisotopic (exact) mass is 268 g/mol. The van der Waals surface area contributed by atoms with E-state index in [9.17, 15) is 4.79 Å². The van der Waals surface area contributed by atoms with Crippen molar-refractivity contribution in [2.24, 2.45) is 11.1 Å². The van der Waals surface area contributed by atoms with Gasteiger partial charge in [-0.25, -0.2) is 0 Å². The lowest BCUT2D eigenvalue weighted by atomic mass is 9.85. The fourth-order valence-electron chi connectivity index (χ4n) is 1.45. The van der Waals surface area contributed by atoms with Crippen molar-refractivity contribution in [1.29, 1.82) is 0 Å². The molecule has 1 aromatic heterocycles. The van der Waals surface area contributed by atoms with E-state index in [1.165, 1.54) is 0 Å². The number of methoxy groups -OCH3 is 1. The van der Waals surface area contributed by atoms with Crippen LogP contribution in [-0.2, 0) is 16.1 Å². The molecule has 0 radical (unpaired) electrons. The molecule has 0 aliphatic carbocycles. The summed E-state index contributed by atoms with van der Waals surface area (Å²) in [6, 6.07) is -0.170. The Hall–Kier alpha value is -1.40. The summed E-state index contributed by atoms with van der Waals surface area (Å²) in [7, 11) is 1.64. The summed E-state index contributed by atoms with van der Waals surface area (Å²) in [4.78, 5) is 11.8. The lowest BCUT2D eigenvalue weighted by Gasteiger charge is -2.26. The molecule has 0 aliphatic heterocycles. The number of carbonyl (C=O) groups is 1. The Morgan fingerprint density at radius 1 is 1.58 bits per heavy atom. The molecular weight excluding hydrogens is 244 g/mol. The van der Waals surface area contributed by atoms with E-state index in [0.717, 1.165) is 0 Å². The van der Waals surface area contributed by atoms with Gasteiger partial charge in [0.25, 0.3) is 0 Å². The van der Waals surface area contributed by atoms with Crippen molar-refractivity contribution in [3.8, 4) is 0 Å². The Balaban J connectivity index is 2.46. The van der Waals surface area contributed by atoms with Crippen LogP contribution in [0.1, 0.15) is 27.2 Å². The van der Waals surface area contributed by atoms with Gasteiger partial charge in [0.2, 0.25) is 5.91 Å². The molecule has 6 heteroatoms. The van der Waals surface area contributed by atoms with Crippen LogP contribution in [0.25, 0.3) is 0 Å². The number of nitrogens with two attached hydrogens (primary N) is 1. The molecule has 1 rings (SSSR count). The third kappa shape index (κ3) is 5.40. The lowest BCUT2D eigenvalue weighted by Crippen LogP contribution is -2.38. The predicted octanol–water partition coefficient (Wildman–Crippen LogP) is 1.23. The second-order valence-electron chi connectivity index (χ2n) is 5.71. The van der Waals surface area contributed by atoms with Crippen LogP contribution in [0, 0.1) is 5.41 Å². The second kappa shape index (κ2) is 6.68. The van der Waals surface area contributed by atoms with Crippen LogP contribution in [0.15, 0.2) is 12.4 Å². The van der Waals surface area contributed by atoms with E-state index >= 15 is 0 Å². The largest absolute Gasteiger partial charge is 0.383 e. The van der Waals surface area contributed by atoms with Gasteiger partial charge in [-0.15, -0.1) is 0 Å². The summed E-state index contributed by atoms with van der Waals surface area (Å²) in [6.45, 7) is 7.31. The van der Waals surface area contributed by atoms with E-state index in [4.69, 9.17) is 10.5 Å². The number of nitrogens with one attached hydrogen (secondary N) is 1. The van der Waals surface area contributed by atoms with Crippen molar-refractivity contribution < 1.29 is 9.53 Å². The van der Waals surface area contributed by atoms with Crippen molar-refractivity contribution in [1.82, 2.24) is 9.78 Å². The number of hydrogen-bond donors (Lipinski definition) is 2. The SMILES string of the molecule is COCCn1cc(NC(=O)CC(N)C(C)(C)C)cn1. The molecule has 1 aromatic rings. The van der Waals surface area contributed by atoms with Gasteiger partial charge in [-0.3, -0.25) is 9.48 Å². The van der Waals surface area contributed by atoms with Crippen LogP contribution in [0.2, 0.25) is 0 Å². The zero-order valence-corrected chi connectivity index (χ0v) is 12.1. The van der Waals surface area contributed by atoms with E-state index in [1.54, 1.807) is 24.2 Å². The average Bonchev–Trinajstić information content (AvgIpc) is 2.72. The lowest BCUT2D eigenvalue weighted by molar-refractivity contribution is -0.117. The Kier molecular flexibility index (Phi) is 5.50. The minimum atomic E-state index is -0.170. The number of carbonyl (C=O) groups excluding carboxylic acids is 1. The third-order valence-corrected chi connectivity index (χ3v) is 2.96. The molecule has 1 atom stereocenters. The topological polar surface area (TPSA) is 82.2 Å². The summed E-state index contributed by atoms with van der Waals surface area (Å²) in [5, 5.41) is 6.92. The van der Waals surface area contributed by atoms with Crippen LogP contribution in [0.4, 0.5) is 5.69 Å². The van der Waals surface area contributed by atoms with E-state index in [0.29, 0.717) is 25.3 Å². The van der Waals surface area contributed by atoms with Gasteiger partial charge in [0.05, 0.1) is 25.0 Å². The van der Waals surface area contributed by atoms with Gasteiger partial charge >= 0.3 is 0 Å². The van der Waals surface area contributed by atoms with Gasteiger partial charge in [-0.1, -0.05) is 20.8 Å². The summed E-state index contributed by atoms with van der Waals surface area (Å²) < 4.78 is 6.69. The number of amides is 1. The third-order valence-electron chi connectivity index (χ3n) is 2.96. The first-order valence-corrected chi connectivity index (χ1v) is 6.39. The number of nitrogens with zero attached hydrogens (tertiary/aromatic N) is 2. The highest BCUT2D eigenvalue weighted by atomic mass is 16.5. The van der Waals surface area contributed by atoms with E-state index < -0.39 is 0 Å². The molecule has 0 aliphatic rings. The van der Waals surface area contributed by atoms with Crippen LogP contribution in [0.3, 0.4) is 0 Å². The van der Waals surface area contributed by atoms with Crippen LogP contribution < -0.4 is 11.1 Å². The normalized spacial score (nSPS) is 13.3. The first-order valence-electron chi connectivity index (χ1n) is 6.39. The highest BCUT2D eigenvalue weighted by molar-refractivity contribution is 5.90. The molecule has 0 saturated heterocycles. The molecule has 108 valence electrons. The Morgan fingerprint density at radius 3 is 2.84 bits per heavy atom. The smallest absolute Gasteiger partial charge is 0.226 e. The maximum absolute atomic E-state index is 11.8. The van der Waals surface area contributed by atoms with Crippen molar-refractivity contribution in [2.75, 3.05) is 19.0 Å². The minimum absolute atomic E-state index is 0.0833. The van der Waals surface area contributed by atoms with Gasteiger partial charge in [-0.2, -0.15) is 5.10 Å². The average molecular weight is 268 g/mol. The number of anilines is 1. The standard InChI is InChI=1S/C13H24N4O2/c1-13(2,3)11(14)7-12(18)16-10-8-15-17(9-10)5-6-19-4/h8-9,11H,5-7,14H2,1-4H3,(H,16,18). The molecule has 0 aromatic carbocycles. The molecule has 3 N–H and O–H groups in total. The van der Waals surface area contributed by atoms with Crippen LogP contribution in [0.5, 0.6) is 0 Å². The van der Waals surface area contributed by atoms with Gasteiger partial charge in [0.1, 0.15) is 0 Å². The second-order valence-corrected chi connectivity index (χ2v) is 5.71. The summed E-state index contributed by atoms with van der Waals surface area (Å²) in [5.41, 5.74) is 6.58. The van der Waals surface area contributed by atoms with Crippen LogP contribution in [-0.4, -0.2) is 35.4 Å². The molecule has 1 heterocycles. The zero-order valence-electron chi connectivity index (χ0n) is 12.1. The summed E-state index contributed by atoms with van der Waals surface area (Å²) >= 11 is 0. The molecule has 6 nitrogen and oxygen atoms in total. The molecular formula is C13H24N4O2. The van der Waals surface area contributed by atoms with Gasteiger partial charge in [0.15, 0.2) is 0 Å². The van der Waals surface area contributed by atoms with E-state index in [-0.39, 0.29) is 17.4 Å². The molecule has 1 unspecified atom stereocenters. The Labute approximate surface area is 114 Å².